The van der Waals surface area contributed by atoms with E-state index in [0.717, 1.165) is 10.0 Å². The number of rotatable bonds is 4. The number of aryl methyl sites for hydroxylation is 1. The van der Waals surface area contributed by atoms with E-state index in [0.29, 0.717) is 36.7 Å². The molecule has 1 aromatic rings. The molecule has 0 saturated carbocycles. The largest absolute Gasteiger partial charge is 0.482 e. The van der Waals surface area contributed by atoms with Gasteiger partial charge in [-0.3, -0.25) is 9.59 Å². The summed E-state index contributed by atoms with van der Waals surface area (Å²) in [5, 5.41) is 0.465. The van der Waals surface area contributed by atoms with Crippen LogP contribution >= 0.6 is 27.5 Å². The van der Waals surface area contributed by atoms with E-state index < -0.39 is 0 Å². The van der Waals surface area contributed by atoms with E-state index in [4.69, 9.17) is 22.1 Å². The molecule has 1 heterocycles. The molecule has 7 heteroatoms. The van der Waals surface area contributed by atoms with Crippen LogP contribution in [0.4, 0.5) is 0 Å². The number of hydrogen-bond donors (Lipinski definition) is 1. The molecule has 0 atom stereocenters. The van der Waals surface area contributed by atoms with E-state index in [9.17, 15) is 9.59 Å². The zero-order chi connectivity index (χ0) is 16.3. The molecule has 2 rings (SSSR count). The minimum Gasteiger partial charge on any atom is -0.482 e. The van der Waals surface area contributed by atoms with Crippen molar-refractivity contribution in [2.45, 2.75) is 19.8 Å². The Kier molecular flexibility index (Phi) is 5.69. The topological polar surface area (TPSA) is 72.6 Å². The maximum absolute atomic E-state index is 12.2. The third kappa shape index (κ3) is 4.14. The Balaban J connectivity index is 1.90. The number of piperidine rings is 1. The third-order valence-corrected chi connectivity index (χ3v) is 4.52. The van der Waals surface area contributed by atoms with Crippen molar-refractivity contribution in [2.24, 2.45) is 11.7 Å². The molecule has 2 amide bonds. The van der Waals surface area contributed by atoms with Crippen molar-refractivity contribution in [3.8, 4) is 5.75 Å². The van der Waals surface area contributed by atoms with Crippen molar-refractivity contribution in [1.29, 1.82) is 0 Å². The summed E-state index contributed by atoms with van der Waals surface area (Å²) in [7, 11) is 0. The van der Waals surface area contributed by atoms with Gasteiger partial charge < -0.3 is 15.4 Å². The van der Waals surface area contributed by atoms with Crippen LogP contribution in [0.1, 0.15) is 18.4 Å². The first kappa shape index (κ1) is 17.1. The molecule has 2 N–H and O–H groups in total. The van der Waals surface area contributed by atoms with Gasteiger partial charge in [0.15, 0.2) is 6.61 Å². The summed E-state index contributed by atoms with van der Waals surface area (Å²) in [4.78, 5) is 25.0. The van der Waals surface area contributed by atoms with Gasteiger partial charge in [0, 0.05) is 23.5 Å². The molecule has 1 aliphatic rings. The van der Waals surface area contributed by atoms with Crippen molar-refractivity contribution in [2.75, 3.05) is 19.7 Å². The van der Waals surface area contributed by atoms with Gasteiger partial charge in [-0.05, 0) is 37.5 Å². The molecule has 1 aromatic carbocycles. The van der Waals surface area contributed by atoms with Crippen LogP contribution in [0.5, 0.6) is 5.75 Å². The fourth-order valence-electron chi connectivity index (χ4n) is 2.51. The zero-order valence-corrected chi connectivity index (χ0v) is 14.6. The summed E-state index contributed by atoms with van der Waals surface area (Å²) in [6.45, 7) is 2.87. The van der Waals surface area contributed by atoms with E-state index in [1.165, 1.54) is 0 Å². The molecule has 1 fully saturated rings. The number of benzene rings is 1. The van der Waals surface area contributed by atoms with Crippen molar-refractivity contribution in [3.63, 3.8) is 0 Å². The number of hydrogen-bond acceptors (Lipinski definition) is 3. The molecule has 0 unspecified atom stereocenters. The number of nitrogens with zero attached hydrogens (tertiary/aromatic N) is 1. The minimum absolute atomic E-state index is 0.0660. The van der Waals surface area contributed by atoms with Crippen molar-refractivity contribution in [1.82, 2.24) is 4.90 Å². The first-order valence-corrected chi connectivity index (χ1v) is 8.21. The van der Waals surface area contributed by atoms with Crippen LogP contribution in [-0.4, -0.2) is 36.4 Å². The number of likely N-dealkylation sites (tertiary alicyclic amines) is 1. The van der Waals surface area contributed by atoms with Gasteiger partial charge in [0.2, 0.25) is 5.91 Å². The lowest BCUT2D eigenvalue weighted by atomic mass is 9.96. The predicted molar refractivity (Wildman–Crippen MR) is 87.9 cm³/mol. The standard InChI is InChI=1S/C15H18BrClN2O3/c1-9-6-11(16)7-12(17)14(9)22-8-13(20)19-4-2-10(3-5-19)15(18)21/h6-7,10H,2-5,8H2,1H3,(H2,18,21). The Morgan fingerprint density at radius 2 is 2.05 bits per heavy atom. The summed E-state index contributed by atoms with van der Waals surface area (Å²) in [6, 6.07) is 3.61. The molecule has 0 radical (unpaired) electrons. The van der Waals surface area contributed by atoms with E-state index in [2.05, 4.69) is 15.9 Å². The highest BCUT2D eigenvalue weighted by molar-refractivity contribution is 9.10. The molecular weight excluding hydrogens is 372 g/mol. The summed E-state index contributed by atoms with van der Waals surface area (Å²) in [5.41, 5.74) is 6.14. The smallest absolute Gasteiger partial charge is 0.260 e. The molecule has 22 heavy (non-hydrogen) atoms. The highest BCUT2D eigenvalue weighted by atomic mass is 79.9. The zero-order valence-electron chi connectivity index (χ0n) is 12.3. The van der Waals surface area contributed by atoms with Crippen LogP contribution in [0.2, 0.25) is 5.02 Å². The second-order valence-electron chi connectivity index (χ2n) is 5.38. The Hall–Kier alpha value is -1.27. The molecule has 1 saturated heterocycles. The summed E-state index contributed by atoms with van der Waals surface area (Å²) in [6.07, 6.45) is 1.22. The van der Waals surface area contributed by atoms with Crippen LogP contribution in [0.25, 0.3) is 0 Å². The first-order chi connectivity index (χ1) is 10.4. The summed E-state index contributed by atoms with van der Waals surface area (Å²) >= 11 is 9.48. The maximum atomic E-state index is 12.2. The lowest BCUT2D eigenvalue weighted by Crippen LogP contribution is -2.43. The van der Waals surface area contributed by atoms with Gasteiger partial charge in [-0.2, -0.15) is 0 Å². The van der Waals surface area contributed by atoms with Gasteiger partial charge in [0.1, 0.15) is 5.75 Å². The number of ether oxygens (including phenoxy) is 1. The van der Waals surface area contributed by atoms with Crippen molar-refractivity contribution >= 4 is 39.3 Å². The van der Waals surface area contributed by atoms with E-state index >= 15 is 0 Å². The van der Waals surface area contributed by atoms with Crippen LogP contribution < -0.4 is 10.5 Å². The first-order valence-electron chi connectivity index (χ1n) is 7.04. The van der Waals surface area contributed by atoms with E-state index in [1.807, 2.05) is 13.0 Å². The average Bonchev–Trinajstić information content (AvgIpc) is 2.46. The Morgan fingerprint density at radius 1 is 1.41 bits per heavy atom. The second kappa shape index (κ2) is 7.33. The average molecular weight is 390 g/mol. The normalized spacial score (nSPS) is 15.7. The van der Waals surface area contributed by atoms with Gasteiger partial charge in [-0.15, -0.1) is 0 Å². The molecule has 0 aromatic heterocycles. The number of halogens is 2. The Bertz CT molecular complexity index is 563. The van der Waals surface area contributed by atoms with Crippen LogP contribution in [0, 0.1) is 12.8 Å². The quantitative estimate of drug-likeness (QED) is 0.860. The fraction of sp³-hybridized carbons (Fsp3) is 0.467. The number of carbonyl (C=O) groups excluding carboxylic acids is 2. The van der Waals surface area contributed by atoms with E-state index in [1.54, 1.807) is 11.0 Å². The van der Waals surface area contributed by atoms with Gasteiger partial charge in [0.05, 0.1) is 5.02 Å². The Labute approximate surface area is 142 Å². The number of amides is 2. The molecule has 1 aliphatic heterocycles. The molecule has 5 nitrogen and oxygen atoms in total. The number of primary amides is 1. The molecule has 120 valence electrons. The summed E-state index contributed by atoms with van der Waals surface area (Å²) in [5.74, 6) is -0.0136. The highest BCUT2D eigenvalue weighted by Gasteiger charge is 2.26. The molecular formula is C15H18BrClN2O3. The van der Waals surface area contributed by atoms with Crippen molar-refractivity contribution < 1.29 is 14.3 Å². The van der Waals surface area contributed by atoms with E-state index in [-0.39, 0.29) is 24.3 Å². The number of nitrogens with two attached hydrogens (primary N) is 1. The molecule has 0 spiro atoms. The third-order valence-electron chi connectivity index (χ3n) is 3.78. The maximum Gasteiger partial charge on any atom is 0.260 e. The van der Waals surface area contributed by atoms with Crippen LogP contribution in [0.3, 0.4) is 0 Å². The predicted octanol–water partition coefficient (Wildman–Crippen LogP) is 2.51. The minimum atomic E-state index is -0.291. The number of carbonyl (C=O) groups is 2. The fourth-order valence-corrected chi connectivity index (χ4v) is 3.54. The van der Waals surface area contributed by atoms with Gasteiger partial charge in [-0.25, -0.2) is 0 Å². The Morgan fingerprint density at radius 3 is 2.59 bits per heavy atom. The SMILES string of the molecule is Cc1cc(Br)cc(Cl)c1OCC(=O)N1CCC(C(N)=O)CC1. The van der Waals surface area contributed by atoms with Gasteiger partial charge in [-0.1, -0.05) is 27.5 Å². The monoisotopic (exact) mass is 388 g/mol. The van der Waals surface area contributed by atoms with Crippen LogP contribution in [0.15, 0.2) is 16.6 Å². The highest BCUT2D eigenvalue weighted by Crippen LogP contribution is 2.32. The molecule has 0 bridgehead atoms. The second-order valence-corrected chi connectivity index (χ2v) is 6.70. The van der Waals surface area contributed by atoms with Crippen LogP contribution in [-0.2, 0) is 9.59 Å². The van der Waals surface area contributed by atoms with Crippen molar-refractivity contribution in [3.05, 3.63) is 27.2 Å². The lowest BCUT2D eigenvalue weighted by molar-refractivity contribution is -0.136. The van der Waals surface area contributed by atoms with Gasteiger partial charge >= 0.3 is 0 Å². The molecule has 0 aliphatic carbocycles. The summed E-state index contributed by atoms with van der Waals surface area (Å²) < 4.78 is 6.44. The van der Waals surface area contributed by atoms with Gasteiger partial charge in [0.25, 0.3) is 5.91 Å². The lowest BCUT2D eigenvalue weighted by Gasteiger charge is -2.30.